The summed E-state index contributed by atoms with van der Waals surface area (Å²) < 4.78 is 5.82. The Balaban J connectivity index is 1.94. The van der Waals surface area contributed by atoms with E-state index in [1.54, 1.807) is 0 Å². The van der Waals surface area contributed by atoms with E-state index in [2.05, 4.69) is 17.0 Å². The Labute approximate surface area is 125 Å². The monoisotopic (exact) mass is 283 g/mol. The minimum Gasteiger partial charge on any atom is -0.491 e. The fourth-order valence-corrected chi connectivity index (χ4v) is 2.81. The predicted molar refractivity (Wildman–Crippen MR) is 84.7 cm³/mol. The van der Waals surface area contributed by atoms with Gasteiger partial charge < -0.3 is 14.7 Å². The Bertz CT molecular complexity index is 612. The van der Waals surface area contributed by atoms with Gasteiger partial charge in [-0.15, -0.1) is 0 Å². The molecule has 2 aromatic rings. The predicted octanol–water partition coefficient (Wildman–Crippen LogP) is 3.53. The molecular weight excluding hydrogens is 262 g/mol. The molecule has 1 heterocycles. The Kier molecular flexibility index (Phi) is 4.11. The Morgan fingerprint density at radius 1 is 1.14 bits per heavy atom. The molecular formula is C18H21NO2. The van der Waals surface area contributed by atoms with Crippen LogP contribution in [0.1, 0.15) is 30.6 Å². The van der Waals surface area contributed by atoms with Crippen LogP contribution in [0.3, 0.4) is 0 Å². The second kappa shape index (κ2) is 6.19. The third-order valence-electron chi connectivity index (χ3n) is 3.98. The average molecular weight is 283 g/mol. The van der Waals surface area contributed by atoms with Crippen LogP contribution in [0.4, 0.5) is 5.69 Å². The molecule has 0 bridgehead atoms. The molecule has 1 aliphatic heterocycles. The van der Waals surface area contributed by atoms with Gasteiger partial charge in [-0.3, -0.25) is 0 Å². The summed E-state index contributed by atoms with van der Waals surface area (Å²) in [4.78, 5) is 2.29. The second-order valence-electron chi connectivity index (χ2n) is 5.36. The van der Waals surface area contributed by atoms with Crippen molar-refractivity contribution in [1.29, 1.82) is 0 Å². The smallest absolute Gasteiger partial charge is 0.124 e. The van der Waals surface area contributed by atoms with Crippen molar-refractivity contribution in [2.45, 2.75) is 26.0 Å². The van der Waals surface area contributed by atoms with Crippen LogP contribution in [0.2, 0.25) is 0 Å². The number of anilines is 1. The molecule has 21 heavy (non-hydrogen) atoms. The van der Waals surface area contributed by atoms with Crippen LogP contribution in [0.15, 0.2) is 48.5 Å². The molecule has 3 rings (SSSR count). The lowest BCUT2D eigenvalue weighted by atomic mass is 10.0. The Morgan fingerprint density at radius 3 is 2.76 bits per heavy atom. The van der Waals surface area contributed by atoms with Gasteiger partial charge in [-0.05, 0) is 18.6 Å². The third-order valence-corrected chi connectivity index (χ3v) is 3.98. The summed E-state index contributed by atoms with van der Waals surface area (Å²) in [5.74, 6) is 0.966. The van der Waals surface area contributed by atoms with Crippen LogP contribution >= 0.6 is 0 Å². The van der Waals surface area contributed by atoms with Crippen LogP contribution in [0.5, 0.6) is 5.75 Å². The van der Waals surface area contributed by atoms with Crippen molar-refractivity contribution < 1.29 is 9.84 Å². The summed E-state index contributed by atoms with van der Waals surface area (Å²) in [7, 11) is 0. The highest BCUT2D eigenvalue weighted by Crippen LogP contribution is 2.31. The molecule has 0 aliphatic carbocycles. The number of para-hydroxylation sites is 2. The SMILES string of the molecule is CC[C@H](O)c1ccccc1N1CCOc2ccccc2C1. The molecule has 0 aromatic heterocycles. The second-order valence-corrected chi connectivity index (χ2v) is 5.36. The van der Waals surface area contributed by atoms with Crippen molar-refractivity contribution in [1.82, 2.24) is 0 Å². The van der Waals surface area contributed by atoms with Crippen molar-refractivity contribution in [3.8, 4) is 5.75 Å². The number of benzene rings is 2. The van der Waals surface area contributed by atoms with Gasteiger partial charge in [-0.2, -0.15) is 0 Å². The number of ether oxygens (including phenoxy) is 1. The van der Waals surface area contributed by atoms with Gasteiger partial charge in [0, 0.05) is 23.4 Å². The highest BCUT2D eigenvalue weighted by Gasteiger charge is 2.19. The minimum atomic E-state index is -0.416. The van der Waals surface area contributed by atoms with Crippen molar-refractivity contribution in [3.05, 3.63) is 59.7 Å². The summed E-state index contributed by atoms with van der Waals surface area (Å²) >= 11 is 0. The normalized spacial score (nSPS) is 15.8. The zero-order valence-electron chi connectivity index (χ0n) is 12.3. The van der Waals surface area contributed by atoms with Crippen LogP contribution in [0.25, 0.3) is 0 Å². The molecule has 1 aliphatic rings. The number of fused-ring (bicyclic) bond motifs is 1. The lowest BCUT2D eigenvalue weighted by Crippen LogP contribution is -2.26. The minimum absolute atomic E-state index is 0.416. The average Bonchev–Trinajstić information content (AvgIpc) is 2.76. The van der Waals surface area contributed by atoms with Gasteiger partial charge in [0.2, 0.25) is 0 Å². The molecule has 0 saturated heterocycles. The number of hydrogen-bond donors (Lipinski definition) is 1. The standard InChI is InChI=1S/C18H21NO2/c1-2-17(20)15-8-4-5-9-16(15)19-11-12-21-18-10-6-3-7-14(18)13-19/h3-10,17,20H,2,11-13H2,1H3/t17-/m0/s1. The number of hydrogen-bond acceptors (Lipinski definition) is 3. The van der Waals surface area contributed by atoms with Crippen LogP contribution in [-0.2, 0) is 6.54 Å². The zero-order chi connectivity index (χ0) is 14.7. The van der Waals surface area contributed by atoms with Crippen molar-refractivity contribution in [2.24, 2.45) is 0 Å². The molecule has 0 spiro atoms. The third kappa shape index (κ3) is 2.88. The van der Waals surface area contributed by atoms with Crippen LogP contribution in [-0.4, -0.2) is 18.3 Å². The highest BCUT2D eigenvalue weighted by atomic mass is 16.5. The first-order chi connectivity index (χ1) is 10.3. The van der Waals surface area contributed by atoms with E-state index in [0.29, 0.717) is 6.61 Å². The van der Waals surface area contributed by atoms with Gasteiger partial charge in [-0.1, -0.05) is 43.3 Å². The van der Waals surface area contributed by atoms with Crippen molar-refractivity contribution in [2.75, 3.05) is 18.1 Å². The fraction of sp³-hybridized carbons (Fsp3) is 0.333. The fourth-order valence-electron chi connectivity index (χ4n) is 2.81. The van der Waals surface area contributed by atoms with E-state index in [0.717, 1.165) is 36.5 Å². The maximum Gasteiger partial charge on any atom is 0.124 e. The molecule has 0 radical (unpaired) electrons. The topological polar surface area (TPSA) is 32.7 Å². The van der Waals surface area contributed by atoms with Gasteiger partial charge >= 0.3 is 0 Å². The number of rotatable bonds is 3. The first-order valence-corrected chi connectivity index (χ1v) is 7.52. The molecule has 0 unspecified atom stereocenters. The maximum atomic E-state index is 10.2. The Hall–Kier alpha value is -2.00. The lowest BCUT2D eigenvalue weighted by Gasteiger charge is -2.26. The quantitative estimate of drug-likeness (QED) is 0.935. The number of aliphatic hydroxyl groups is 1. The van der Waals surface area contributed by atoms with E-state index >= 15 is 0 Å². The Morgan fingerprint density at radius 2 is 1.90 bits per heavy atom. The molecule has 0 amide bonds. The molecule has 1 N–H and O–H groups in total. The van der Waals surface area contributed by atoms with Gasteiger partial charge in [-0.25, -0.2) is 0 Å². The first-order valence-electron chi connectivity index (χ1n) is 7.52. The molecule has 3 heteroatoms. The van der Waals surface area contributed by atoms with E-state index in [4.69, 9.17) is 4.74 Å². The van der Waals surface area contributed by atoms with Gasteiger partial charge in [0.15, 0.2) is 0 Å². The molecule has 2 aromatic carbocycles. The summed E-state index contributed by atoms with van der Waals surface area (Å²) in [5.41, 5.74) is 3.29. The zero-order valence-corrected chi connectivity index (χ0v) is 12.3. The van der Waals surface area contributed by atoms with E-state index in [1.807, 2.05) is 43.3 Å². The highest BCUT2D eigenvalue weighted by molar-refractivity contribution is 5.56. The molecule has 110 valence electrons. The van der Waals surface area contributed by atoms with Gasteiger partial charge in [0.05, 0.1) is 12.6 Å². The van der Waals surface area contributed by atoms with Crippen molar-refractivity contribution in [3.63, 3.8) is 0 Å². The molecule has 0 fully saturated rings. The number of aliphatic hydroxyl groups excluding tert-OH is 1. The molecule has 0 saturated carbocycles. The van der Waals surface area contributed by atoms with E-state index in [9.17, 15) is 5.11 Å². The van der Waals surface area contributed by atoms with Gasteiger partial charge in [0.25, 0.3) is 0 Å². The summed E-state index contributed by atoms with van der Waals surface area (Å²) in [6, 6.07) is 16.3. The summed E-state index contributed by atoms with van der Waals surface area (Å²) in [6.07, 6.45) is 0.304. The van der Waals surface area contributed by atoms with Gasteiger partial charge in [0.1, 0.15) is 12.4 Å². The van der Waals surface area contributed by atoms with Crippen LogP contribution in [0, 0.1) is 0 Å². The summed E-state index contributed by atoms with van der Waals surface area (Å²) in [6.45, 7) is 4.29. The van der Waals surface area contributed by atoms with E-state index in [1.165, 1.54) is 5.56 Å². The lowest BCUT2D eigenvalue weighted by molar-refractivity contribution is 0.174. The van der Waals surface area contributed by atoms with E-state index < -0.39 is 6.10 Å². The molecule has 3 nitrogen and oxygen atoms in total. The van der Waals surface area contributed by atoms with Crippen LogP contribution < -0.4 is 9.64 Å². The first kappa shape index (κ1) is 14.0. The number of nitrogens with zero attached hydrogens (tertiary/aromatic N) is 1. The largest absolute Gasteiger partial charge is 0.491 e. The van der Waals surface area contributed by atoms with E-state index in [-0.39, 0.29) is 0 Å². The maximum absolute atomic E-state index is 10.2. The molecule has 1 atom stereocenters. The summed E-state index contributed by atoms with van der Waals surface area (Å²) in [5, 5.41) is 10.2. The van der Waals surface area contributed by atoms with Crippen molar-refractivity contribution >= 4 is 5.69 Å².